The molecule has 0 saturated heterocycles. The molecule has 14 nitrogen and oxygen atoms in total. The van der Waals surface area contributed by atoms with E-state index in [9.17, 15) is 18.4 Å². The quantitative estimate of drug-likeness (QED) is 0.116. The van der Waals surface area contributed by atoms with Crippen molar-refractivity contribution in [2.24, 2.45) is 5.73 Å². The molecule has 4 aromatic heterocycles. The van der Waals surface area contributed by atoms with Gasteiger partial charge in [-0.15, -0.1) is 0 Å². The number of carboxylic acids is 1. The number of carboxylic acid groups (broad SMARTS) is 1. The molecule has 0 bridgehead atoms. The van der Waals surface area contributed by atoms with Crippen LogP contribution in [0.25, 0.3) is 45.7 Å². The van der Waals surface area contributed by atoms with Crippen LogP contribution in [0.4, 0.5) is 8.78 Å². The van der Waals surface area contributed by atoms with Crippen LogP contribution in [0.1, 0.15) is 84.6 Å². The van der Waals surface area contributed by atoms with Crippen molar-refractivity contribution in [2.45, 2.75) is 65.3 Å². The number of nitrogens with two attached hydrogens (primary N) is 1. The van der Waals surface area contributed by atoms with E-state index in [4.69, 9.17) is 28.7 Å². The summed E-state index contributed by atoms with van der Waals surface area (Å²) >= 11 is 0. The zero-order valence-electron chi connectivity index (χ0n) is 34.7. The number of oxazole rings is 2. The standard InChI is InChI=1S/C24H22FN3O3.C12H13FN2O.C10H8N2O3/c1-15-27-22(28-31-15)18-6-4-5-17(13-18)20(29)11-12-24(2,3)21-14-26-23(30-21)16-7-9-19(25)10-8-16;1-12(2,14)10-7-15-11(16-10)8-3-5-9(13)6-4-8;1-6-11-9(12-15-6)7-3-2-4-8(5-7)10(13)14/h4-10,13-14H,11-12H2,1-3H3;3-7H,14H2,1-2H3;2-5H,1H3,(H,13,14). The molecule has 0 spiro atoms. The molecule has 0 aliphatic rings. The summed E-state index contributed by atoms with van der Waals surface area (Å²) in [6.07, 6.45) is 4.19. The van der Waals surface area contributed by atoms with E-state index in [1.807, 2.05) is 39.8 Å². The smallest absolute Gasteiger partial charge is 0.335 e. The van der Waals surface area contributed by atoms with Gasteiger partial charge in [-0.05, 0) is 87.0 Å². The molecule has 0 amide bonds. The van der Waals surface area contributed by atoms with Gasteiger partial charge < -0.3 is 28.7 Å². The number of hydrogen-bond donors (Lipinski definition) is 2. The fourth-order valence-electron chi connectivity index (χ4n) is 5.76. The van der Waals surface area contributed by atoms with E-state index < -0.39 is 16.9 Å². The lowest BCUT2D eigenvalue weighted by molar-refractivity contribution is 0.0696. The van der Waals surface area contributed by atoms with Crippen LogP contribution < -0.4 is 5.73 Å². The summed E-state index contributed by atoms with van der Waals surface area (Å²) in [5, 5.41) is 16.4. The normalized spacial score (nSPS) is 11.3. The van der Waals surface area contributed by atoms with Crippen LogP contribution in [0.5, 0.6) is 0 Å². The Hall–Kier alpha value is -7.46. The average molecular weight is 844 g/mol. The molecule has 0 fully saturated rings. The first-order valence-corrected chi connectivity index (χ1v) is 19.3. The Kier molecular flexibility index (Phi) is 13.4. The van der Waals surface area contributed by atoms with Crippen LogP contribution in [0.2, 0.25) is 0 Å². The van der Waals surface area contributed by atoms with Crippen molar-refractivity contribution >= 4 is 11.8 Å². The van der Waals surface area contributed by atoms with Gasteiger partial charge in [-0.2, -0.15) is 9.97 Å². The van der Waals surface area contributed by atoms with Crippen LogP contribution in [0.15, 0.2) is 127 Å². The number of aryl methyl sites for hydroxylation is 2. The highest BCUT2D eigenvalue weighted by Gasteiger charge is 2.27. The summed E-state index contributed by atoms with van der Waals surface area (Å²) in [6, 6.07) is 25.6. The Morgan fingerprint density at radius 3 is 1.53 bits per heavy atom. The van der Waals surface area contributed by atoms with Gasteiger partial charge in [0.25, 0.3) is 0 Å². The first-order valence-electron chi connectivity index (χ1n) is 19.3. The van der Waals surface area contributed by atoms with E-state index in [0.29, 0.717) is 76.3 Å². The topological polar surface area (TPSA) is 210 Å². The fourth-order valence-corrected chi connectivity index (χ4v) is 5.76. The Bertz CT molecular complexity index is 2760. The predicted octanol–water partition coefficient (Wildman–Crippen LogP) is 10.2. The summed E-state index contributed by atoms with van der Waals surface area (Å²) in [5.41, 5.74) is 8.52. The van der Waals surface area contributed by atoms with Gasteiger partial charge in [-0.3, -0.25) is 4.79 Å². The Labute approximate surface area is 354 Å². The first kappa shape index (κ1) is 44.1. The number of benzene rings is 4. The first-order chi connectivity index (χ1) is 29.4. The Morgan fingerprint density at radius 2 is 1.10 bits per heavy atom. The van der Waals surface area contributed by atoms with E-state index in [2.05, 4.69) is 30.2 Å². The molecule has 8 aromatic rings. The van der Waals surface area contributed by atoms with Crippen molar-refractivity contribution in [2.75, 3.05) is 0 Å². The zero-order chi connectivity index (χ0) is 44.6. The van der Waals surface area contributed by atoms with E-state index in [0.717, 1.165) is 11.1 Å². The van der Waals surface area contributed by atoms with Gasteiger partial charge >= 0.3 is 5.97 Å². The summed E-state index contributed by atoms with van der Waals surface area (Å²) in [6.45, 7) is 11.1. The van der Waals surface area contributed by atoms with Crippen LogP contribution in [0, 0.1) is 25.5 Å². The molecular formula is C46H43F2N7O7. The number of hydrogen-bond acceptors (Lipinski definition) is 13. The highest BCUT2D eigenvalue weighted by atomic mass is 19.1. The lowest BCUT2D eigenvalue weighted by atomic mass is 9.84. The van der Waals surface area contributed by atoms with E-state index in [1.165, 1.54) is 36.4 Å². The third-order valence-corrected chi connectivity index (χ3v) is 9.34. The molecule has 0 saturated carbocycles. The lowest BCUT2D eigenvalue weighted by Gasteiger charge is -2.21. The molecule has 0 radical (unpaired) electrons. The van der Waals surface area contributed by atoms with E-state index in [-0.39, 0.29) is 23.0 Å². The Morgan fingerprint density at radius 1 is 0.645 bits per heavy atom. The van der Waals surface area contributed by atoms with Crippen LogP contribution in [-0.2, 0) is 11.0 Å². The SMILES string of the molecule is CC(C)(N)c1cnc(-c2ccc(F)cc2)o1.Cc1nc(-c2cccc(C(=O)CCC(C)(C)c3cnc(-c4ccc(F)cc4)o3)c2)no1.Cc1nc(-c2cccc(C(=O)O)c2)no1. The summed E-state index contributed by atoms with van der Waals surface area (Å²) in [7, 11) is 0. The van der Waals surface area contributed by atoms with Gasteiger partial charge in [-0.25, -0.2) is 23.5 Å². The van der Waals surface area contributed by atoms with Gasteiger partial charge in [0.2, 0.25) is 35.2 Å². The van der Waals surface area contributed by atoms with Gasteiger partial charge in [0.1, 0.15) is 23.2 Å². The highest BCUT2D eigenvalue weighted by Crippen LogP contribution is 2.33. The van der Waals surface area contributed by atoms with Crippen molar-refractivity contribution in [3.05, 3.63) is 156 Å². The van der Waals surface area contributed by atoms with Crippen molar-refractivity contribution in [1.82, 2.24) is 30.2 Å². The number of Topliss-reactive ketones (excluding diaryl/α,β-unsaturated/α-hetero) is 1. The zero-order valence-corrected chi connectivity index (χ0v) is 34.7. The second kappa shape index (κ2) is 18.9. The number of aromatic carboxylic acids is 1. The molecule has 4 heterocycles. The molecule has 4 aromatic carbocycles. The molecule has 8 rings (SSSR count). The van der Waals surface area contributed by atoms with Crippen LogP contribution in [-0.4, -0.2) is 47.1 Å². The molecule has 16 heteroatoms. The van der Waals surface area contributed by atoms with Gasteiger partial charge in [0.15, 0.2) is 5.78 Å². The molecule has 0 aliphatic heterocycles. The average Bonchev–Trinajstić information content (AvgIpc) is 4.10. The maximum Gasteiger partial charge on any atom is 0.335 e. The highest BCUT2D eigenvalue weighted by molar-refractivity contribution is 5.97. The molecular weight excluding hydrogens is 801 g/mol. The van der Waals surface area contributed by atoms with Gasteiger partial charge in [0.05, 0.1) is 23.5 Å². The van der Waals surface area contributed by atoms with Crippen molar-refractivity contribution in [3.63, 3.8) is 0 Å². The number of ketones is 1. The summed E-state index contributed by atoms with van der Waals surface area (Å²) in [5.74, 6) is 2.39. The van der Waals surface area contributed by atoms with Gasteiger partial charge in [0, 0.05) is 53.5 Å². The van der Waals surface area contributed by atoms with E-state index in [1.54, 1.807) is 74.8 Å². The minimum absolute atomic E-state index is 0.0217. The predicted molar refractivity (Wildman–Crippen MR) is 223 cm³/mol. The van der Waals surface area contributed by atoms with Crippen molar-refractivity contribution < 1.29 is 41.4 Å². The Balaban J connectivity index is 0.000000173. The number of aromatic nitrogens is 6. The number of carbonyl (C=O) groups excluding carboxylic acids is 1. The molecule has 3 N–H and O–H groups in total. The lowest BCUT2D eigenvalue weighted by Crippen LogP contribution is -2.27. The molecule has 0 unspecified atom stereocenters. The maximum atomic E-state index is 13.1. The minimum Gasteiger partial charge on any atom is -0.478 e. The summed E-state index contributed by atoms with van der Waals surface area (Å²) in [4.78, 5) is 40.2. The largest absolute Gasteiger partial charge is 0.478 e. The van der Waals surface area contributed by atoms with Crippen LogP contribution >= 0.6 is 0 Å². The third-order valence-electron chi connectivity index (χ3n) is 9.34. The minimum atomic E-state index is -0.975. The fraction of sp³-hybridized carbons (Fsp3) is 0.217. The second-order valence-electron chi connectivity index (χ2n) is 15.3. The number of carbonyl (C=O) groups is 2. The van der Waals surface area contributed by atoms with Crippen LogP contribution in [0.3, 0.4) is 0 Å². The third kappa shape index (κ3) is 11.4. The van der Waals surface area contributed by atoms with Crippen molar-refractivity contribution in [1.29, 1.82) is 0 Å². The van der Waals surface area contributed by atoms with E-state index >= 15 is 0 Å². The second-order valence-corrected chi connectivity index (χ2v) is 15.3. The number of nitrogens with zero attached hydrogens (tertiary/aromatic N) is 6. The monoisotopic (exact) mass is 843 g/mol. The molecule has 0 atom stereocenters. The number of halogens is 2. The van der Waals surface area contributed by atoms with Crippen molar-refractivity contribution in [3.8, 4) is 45.7 Å². The van der Waals surface area contributed by atoms with Gasteiger partial charge in [-0.1, -0.05) is 54.5 Å². The number of rotatable bonds is 11. The molecule has 62 heavy (non-hydrogen) atoms. The maximum absolute atomic E-state index is 13.1. The molecule has 0 aliphatic carbocycles. The summed E-state index contributed by atoms with van der Waals surface area (Å²) < 4.78 is 47.1. The molecule has 318 valence electrons.